The number of nitrogens with one attached hydrogen (secondary N) is 2. The third-order valence-electron chi connectivity index (χ3n) is 5.70. The minimum atomic E-state index is -0.494. The smallest absolute Gasteiger partial charge is 0.407 e. The summed E-state index contributed by atoms with van der Waals surface area (Å²) in [6.07, 6.45) is 6.70. The standard InChI is InChI=1S/C21H37N7O2/c1-15-25-26-18(27(15)5)13-22-19(23-16-9-7-6-8-10-16)28-12-11-17(14-28)24-20(29)30-21(2,3)4/h16-17H,6-14H2,1-5H3,(H,22,23)(H,24,29). The normalized spacial score (nSPS) is 21.0. The second-order valence-electron chi connectivity index (χ2n) is 9.42. The fourth-order valence-electron chi connectivity index (χ4n) is 3.95. The summed E-state index contributed by atoms with van der Waals surface area (Å²) in [6.45, 7) is 9.61. The van der Waals surface area contributed by atoms with E-state index in [9.17, 15) is 4.79 Å². The Morgan fingerprint density at radius 3 is 2.50 bits per heavy atom. The SMILES string of the molecule is Cc1nnc(CN=C(NC2CCCCC2)N2CCC(NC(=O)OC(C)(C)C)C2)n1C. The predicted octanol–water partition coefficient (Wildman–Crippen LogP) is 2.50. The average molecular weight is 420 g/mol. The van der Waals surface area contributed by atoms with Crippen molar-refractivity contribution in [2.75, 3.05) is 13.1 Å². The molecular weight excluding hydrogens is 382 g/mol. The van der Waals surface area contributed by atoms with Crippen LogP contribution in [0, 0.1) is 6.92 Å². The van der Waals surface area contributed by atoms with Crippen molar-refractivity contribution in [2.45, 2.75) is 90.4 Å². The van der Waals surface area contributed by atoms with E-state index in [0.717, 1.165) is 37.1 Å². The molecular formula is C21H37N7O2. The van der Waals surface area contributed by atoms with Gasteiger partial charge in [0.25, 0.3) is 0 Å². The van der Waals surface area contributed by atoms with Crippen molar-refractivity contribution in [1.29, 1.82) is 0 Å². The number of rotatable bonds is 4. The van der Waals surface area contributed by atoms with Crippen LogP contribution in [0.5, 0.6) is 0 Å². The molecule has 2 aliphatic rings. The Labute approximate surface area is 179 Å². The van der Waals surface area contributed by atoms with Gasteiger partial charge in [-0.1, -0.05) is 19.3 Å². The molecule has 0 aromatic carbocycles. The Balaban J connectivity index is 1.64. The van der Waals surface area contributed by atoms with E-state index in [-0.39, 0.29) is 12.1 Å². The molecule has 1 aromatic rings. The van der Waals surface area contributed by atoms with Crippen LogP contribution >= 0.6 is 0 Å². The largest absolute Gasteiger partial charge is 0.444 e. The molecule has 1 amide bonds. The molecule has 1 unspecified atom stereocenters. The molecule has 1 aliphatic carbocycles. The summed E-state index contributed by atoms with van der Waals surface area (Å²) >= 11 is 0. The number of amides is 1. The number of aliphatic imine (C=N–C) groups is 1. The first kappa shape index (κ1) is 22.4. The van der Waals surface area contributed by atoms with Gasteiger partial charge in [-0.25, -0.2) is 9.79 Å². The first-order chi connectivity index (χ1) is 14.2. The van der Waals surface area contributed by atoms with Gasteiger partial charge < -0.3 is 24.8 Å². The van der Waals surface area contributed by atoms with Crippen molar-refractivity contribution >= 4 is 12.1 Å². The van der Waals surface area contributed by atoms with Gasteiger partial charge in [-0.15, -0.1) is 10.2 Å². The van der Waals surface area contributed by atoms with Gasteiger partial charge in [-0.2, -0.15) is 0 Å². The highest BCUT2D eigenvalue weighted by atomic mass is 16.6. The summed E-state index contributed by atoms with van der Waals surface area (Å²) in [6, 6.07) is 0.506. The average Bonchev–Trinajstić information content (AvgIpc) is 3.25. The monoisotopic (exact) mass is 419 g/mol. The van der Waals surface area contributed by atoms with Gasteiger partial charge in [0.15, 0.2) is 11.8 Å². The highest BCUT2D eigenvalue weighted by Gasteiger charge is 2.29. The van der Waals surface area contributed by atoms with Crippen LogP contribution in [-0.2, 0) is 18.3 Å². The number of carbonyl (C=O) groups excluding carboxylic acids is 1. The summed E-state index contributed by atoms with van der Waals surface area (Å²) in [4.78, 5) is 19.3. The molecule has 1 saturated heterocycles. The molecule has 2 fully saturated rings. The van der Waals surface area contributed by atoms with Gasteiger partial charge in [-0.3, -0.25) is 0 Å². The Bertz CT molecular complexity index is 747. The van der Waals surface area contributed by atoms with Gasteiger partial charge in [0, 0.05) is 26.2 Å². The minimum Gasteiger partial charge on any atom is -0.444 e. The molecule has 1 aliphatic heterocycles. The zero-order valence-corrected chi connectivity index (χ0v) is 19.1. The fourth-order valence-corrected chi connectivity index (χ4v) is 3.95. The van der Waals surface area contributed by atoms with Crippen molar-refractivity contribution in [3.8, 4) is 0 Å². The van der Waals surface area contributed by atoms with E-state index >= 15 is 0 Å². The Hall–Kier alpha value is -2.32. The van der Waals surface area contributed by atoms with Gasteiger partial charge in [0.05, 0.1) is 6.04 Å². The fraction of sp³-hybridized carbons (Fsp3) is 0.810. The van der Waals surface area contributed by atoms with E-state index in [4.69, 9.17) is 9.73 Å². The highest BCUT2D eigenvalue weighted by Crippen LogP contribution is 2.19. The number of nitrogens with zero attached hydrogens (tertiary/aromatic N) is 5. The van der Waals surface area contributed by atoms with Crippen LogP contribution in [0.2, 0.25) is 0 Å². The predicted molar refractivity (Wildman–Crippen MR) is 116 cm³/mol. The lowest BCUT2D eigenvalue weighted by Gasteiger charge is -2.29. The lowest BCUT2D eigenvalue weighted by molar-refractivity contribution is 0.0507. The topological polar surface area (TPSA) is 96.7 Å². The lowest BCUT2D eigenvalue weighted by Crippen LogP contribution is -2.47. The first-order valence-corrected chi connectivity index (χ1v) is 11.1. The Kier molecular flexibility index (Phi) is 7.20. The van der Waals surface area contributed by atoms with Crippen LogP contribution in [0.4, 0.5) is 4.79 Å². The number of alkyl carbamates (subject to hydrolysis) is 1. The summed E-state index contributed by atoms with van der Waals surface area (Å²) in [5.41, 5.74) is -0.494. The van der Waals surface area contributed by atoms with E-state index < -0.39 is 5.60 Å². The second-order valence-corrected chi connectivity index (χ2v) is 9.42. The molecule has 3 rings (SSSR count). The number of guanidine groups is 1. The lowest BCUT2D eigenvalue weighted by atomic mass is 9.96. The molecule has 30 heavy (non-hydrogen) atoms. The van der Waals surface area contributed by atoms with E-state index in [1.54, 1.807) is 0 Å². The van der Waals surface area contributed by atoms with Gasteiger partial charge >= 0.3 is 6.09 Å². The van der Waals surface area contributed by atoms with Gasteiger partial charge in [0.1, 0.15) is 18.0 Å². The molecule has 168 valence electrons. The van der Waals surface area contributed by atoms with E-state index in [2.05, 4.69) is 25.7 Å². The molecule has 2 N–H and O–H groups in total. The number of aryl methyl sites for hydroxylation is 1. The zero-order valence-electron chi connectivity index (χ0n) is 19.1. The number of carbonyl (C=O) groups is 1. The second kappa shape index (κ2) is 9.66. The molecule has 1 saturated carbocycles. The maximum Gasteiger partial charge on any atom is 0.407 e. The van der Waals surface area contributed by atoms with Crippen molar-refractivity contribution in [2.24, 2.45) is 12.0 Å². The quantitative estimate of drug-likeness (QED) is 0.575. The van der Waals surface area contributed by atoms with Gasteiger partial charge in [0.2, 0.25) is 0 Å². The van der Waals surface area contributed by atoms with Gasteiger partial charge in [-0.05, 0) is 47.0 Å². The summed E-state index contributed by atoms with van der Waals surface area (Å²) in [5, 5.41) is 15.0. The maximum absolute atomic E-state index is 12.1. The number of hydrogen-bond acceptors (Lipinski definition) is 5. The molecule has 0 radical (unpaired) electrons. The molecule has 9 heteroatoms. The molecule has 1 atom stereocenters. The third kappa shape index (κ3) is 6.34. The molecule has 0 spiro atoms. The van der Waals surface area contributed by atoms with Crippen LogP contribution in [0.15, 0.2) is 4.99 Å². The first-order valence-electron chi connectivity index (χ1n) is 11.1. The van der Waals surface area contributed by atoms with Crippen molar-refractivity contribution < 1.29 is 9.53 Å². The van der Waals surface area contributed by atoms with Crippen LogP contribution in [0.25, 0.3) is 0 Å². The highest BCUT2D eigenvalue weighted by molar-refractivity contribution is 5.81. The number of hydrogen-bond donors (Lipinski definition) is 2. The van der Waals surface area contributed by atoms with Crippen molar-refractivity contribution in [3.05, 3.63) is 11.6 Å². The number of ether oxygens (including phenoxy) is 1. The Morgan fingerprint density at radius 1 is 1.13 bits per heavy atom. The van der Waals surface area contributed by atoms with E-state index in [0.29, 0.717) is 12.6 Å². The van der Waals surface area contributed by atoms with Crippen LogP contribution in [0.1, 0.15) is 70.9 Å². The summed E-state index contributed by atoms with van der Waals surface area (Å²) in [7, 11) is 1.96. The van der Waals surface area contributed by atoms with Crippen molar-refractivity contribution in [3.63, 3.8) is 0 Å². The van der Waals surface area contributed by atoms with Crippen molar-refractivity contribution in [1.82, 2.24) is 30.3 Å². The number of aromatic nitrogens is 3. The third-order valence-corrected chi connectivity index (χ3v) is 5.70. The van der Waals surface area contributed by atoms with Crippen LogP contribution < -0.4 is 10.6 Å². The summed E-state index contributed by atoms with van der Waals surface area (Å²) < 4.78 is 7.38. The molecule has 1 aromatic heterocycles. The van der Waals surface area contributed by atoms with E-state index in [1.165, 1.54) is 32.1 Å². The van der Waals surface area contributed by atoms with Crippen LogP contribution in [-0.4, -0.2) is 62.5 Å². The zero-order chi connectivity index (χ0) is 21.7. The maximum atomic E-state index is 12.1. The molecule has 2 heterocycles. The molecule has 9 nitrogen and oxygen atoms in total. The number of likely N-dealkylation sites (tertiary alicyclic amines) is 1. The minimum absolute atomic E-state index is 0.0512. The van der Waals surface area contributed by atoms with Crippen LogP contribution in [0.3, 0.4) is 0 Å². The van der Waals surface area contributed by atoms with E-state index in [1.807, 2.05) is 39.3 Å². The molecule has 0 bridgehead atoms. The summed E-state index contributed by atoms with van der Waals surface area (Å²) in [5.74, 6) is 2.62. The Morgan fingerprint density at radius 2 is 1.87 bits per heavy atom.